The van der Waals surface area contributed by atoms with Gasteiger partial charge >= 0.3 is 6.03 Å². The second-order valence-corrected chi connectivity index (χ2v) is 7.25. The van der Waals surface area contributed by atoms with Gasteiger partial charge in [0.15, 0.2) is 5.13 Å². The van der Waals surface area contributed by atoms with Crippen LogP contribution in [0.15, 0.2) is 5.38 Å². The van der Waals surface area contributed by atoms with Gasteiger partial charge in [-0.3, -0.25) is 14.5 Å². The quantitative estimate of drug-likeness (QED) is 0.824. The lowest BCUT2D eigenvalue weighted by atomic mass is 9.98. The van der Waals surface area contributed by atoms with Gasteiger partial charge in [-0.15, -0.1) is 11.3 Å². The van der Waals surface area contributed by atoms with E-state index in [4.69, 9.17) is 0 Å². The molecule has 1 aliphatic carbocycles. The number of nitrogens with one attached hydrogen (secondary N) is 2. The number of urea groups is 1. The molecule has 1 aliphatic heterocycles. The molecule has 0 aromatic carbocycles. The summed E-state index contributed by atoms with van der Waals surface area (Å²) in [6.45, 7) is 3.77. The first-order valence-electron chi connectivity index (χ1n) is 7.81. The highest BCUT2D eigenvalue weighted by atomic mass is 32.1. The van der Waals surface area contributed by atoms with Crippen LogP contribution < -0.4 is 10.6 Å². The maximum atomic E-state index is 12.5. The fourth-order valence-corrected chi connectivity index (χ4v) is 3.94. The number of aromatic nitrogens is 1. The van der Waals surface area contributed by atoms with Crippen molar-refractivity contribution >= 4 is 34.3 Å². The van der Waals surface area contributed by atoms with Crippen LogP contribution in [0.3, 0.4) is 0 Å². The molecule has 2 aliphatic rings. The van der Waals surface area contributed by atoms with Gasteiger partial charge in [-0.1, -0.05) is 26.7 Å². The predicted octanol–water partition coefficient (Wildman–Crippen LogP) is 2.07. The molecule has 0 bridgehead atoms. The van der Waals surface area contributed by atoms with Gasteiger partial charge in [0.1, 0.15) is 12.1 Å². The minimum Gasteiger partial charge on any atom is -0.323 e. The molecule has 1 saturated carbocycles. The Morgan fingerprint density at radius 3 is 2.74 bits per heavy atom. The first-order valence-corrected chi connectivity index (χ1v) is 8.69. The van der Waals surface area contributed by atoms with Gasteiger partial charge in [-0.05, 0) is 18.8 Å². The number of imide groups is 1. The zero-order chi connectivity index (χ0) is 16.6. The molecular weight excluding hydrogens is 316 g/mol. The van der Waals surface area contributed by atoms with E-state index in [1.807, 2.05) is 19.2 Å². The number of rotatable bonds is 4. The van der Waals surface area contributed by atoms with Crippen molar-refractivity contribution in [2.24, 2.45) is 0 Å². The Morgan fingerprint density at radius 1 is 1.43 bits per heavy atom. The molecule has 3 rings (SSSR count). The number of anilines is 1. The largest absolute Gasteiger partial charge is 0.325 e. The number of amides is 4. The maximum Gasteiger partial charge on any atom is 0.325 e. The van der Waals surface area contributed by atoms with Gasteiger partial charge in [-0.2, -0.15) is 0 Å². The Morgan fingerprint density at radius 2 is 2.13 bits per heavy atom. The highest BCUT2D eigenvalue weighted by Gasteiger charge is 2.52. The minimum absolute atomic E-state index is 0.275. The standard InChI is InChI=1S/C15H20N4O3S/c1-9(2)10-8-23-13(16-10)17-11(20)7-19-12(21)15(18-14(19)22)5-3-4-6-15/h8-9H,3-7H2,1-2H3,(H,18,22)(H,16,17,20). The summed E-state index contributed by atoms with van der Waals surface area (Å²) in [5, 5.41) is 7.80. The van der Waals surface area contributed by atoms with Crippen LogP contribution in [0.25, 0.3) is 0 Å². The molecule has 7 nitrogen and oxygen atoms in total. The van der Waals surface area contributed by atoms with Crippen LogP contribution in [0.2, 0.25) is 0 Å². The van der Waals surface area contributed by atoms with Gasteiger partial charge in [0.25, 0.3) is 5.91 Å². The fraction of sp³-hybridized carbons (Fsp3) is 0.600. The van der Waals surface area contributed by atoms with E-state index in [1.165, 1.54) is 11.3 Å². The molecule has 1 aromatic heterocycles. The Labute approximate surface area is 138 Å². The Kier molecular flexibility index (Phi) is 4.09. The minimum atomic E-state index is -0.774. The summed E-state index contributed by atoms with van der Waals surface area (Å²) >= 11 is 1.34. The molecule has 2 fully saturated rings. The summed E-state index contributed by atoms with van der Waals surface area (Å²) in [6, 6.07) is -0.478. The lowest BCUT2D eigenvalue weighted by Gasteiger charge is -2.19. The number of hydrogen-bond acceptors (Lipinski definition) is 5. The van der Waals surface area contributed by atoms with E-state index in [1.54, 1.807) is 0 Å². The number of thiazole rings is 1. The van der Waals surface area contributed by atoms with Crippen molar-refractivity contribution in [3.63, 3.8) is 0 Å². The molecule has 2 N–H and O–H groups in total. The Hall–Kier alpha value is -1.96. The summed E-state index contributed by atoms with van der Waals surface area (Å²) < 4.78 is 0. The van der Waals surface area contributed by atoms with E-state index < -0.39 is 17.5 Å². The Balaban J connectivity index is 1.63. The monoisotopic (exact) mass is 336 g/mol. The average molecular weight is 336 g/mol. The lowest BCUT2D eigenvalue weighted by Crippen LogP contribution is -2.44. The van der Waals surface area contributed by atoms with Crippen LogP contribution in [0.1, 0.15) is 51.1 Å². The third kappa shape index (κ3) is 2.95. The average Bonchev–Trinajstić information content (AvgIpc) is 3.18. The van der Waals surface area contributed by atoms with E-state index in [2.05, 4.69) is 15.6 Å². The van der Waals surface area contributed by atoms with Gasteiger partial charge in [0.2, 0.25) is 5.91 Å². The van der Waals surface area contributed by atoms with E-state index in [0.717, 1.165) is 23.4 Å². The molecule has 2 heterocycles. The summed E-state index contributed by atoms with van der Waals surface area (Å²) in [7, 11) is 0. The van der Waals surface area contributed by atoms with Crippen LogP contribution in [-0.4, -0.2) is 39.8 Å². The summed E-state index contributed by atoms with van der Waals surface area (Å²) in [5.41, 5.74) is 0.133. The molecule has 1 saturated heterocycles. The highest BCUT2D eigenvalue weighted by Crippen LogP contribution is 2.34. The van der Waals surface area contributed by atoms with Crippen molar-refractivity contribution in [1.29, 1.82) is 0 Å². The van der Waals surface area contributed by atoms with Gasteiger partial charge in [0.05, 0.1) is 5.69 Å². The first kappa shape index (κ1) is 15.9. The summed E-state index contributed by atoms with van der Waals surface area (Å²) in [5.74, 6) is -0.407. The zero-order valence-electron chi connectivity index (χ0n) is 13.2. The van der Waals surface area contributed by atoms with Crippen molar-refractivity contribution in [2.45, 2.75) is 51.0 Å². The predicted molar refractivity (Wildman–Crippen MR) is 86.3 cm³/mol. The molecule has 0 atom stereocenters. The van der Waals surface area contributed by atoms with E-state index in [0.29, 0.717) is 18.0 Å². The number of carbonyl (C=O) groups excluding carboxylic acids is 3. The van der Waals surface area contributed by atoms with Crippen molar-refractivity contribution in [3.05, 3.63) is 11.1 Å². The van der Waals surface area contributed by atoms with Crippen LogP contribution in [-0.2, 0) is 9.59 Å². The van der Waals surface area contributed by atoms with Gasteiger partial charge in [0, 0.05) is 5.38 Å². The van der Waals surface area contributed by atoms with Crippen molar-refractivity contribution in [3.8, 4) is 0 Å². The maximum absolute atomic E-state index is 12.5. The second-order valence-electron chi connectivity index (χ2n) is 6.39. The third-order valence-corrected chi connectivity index (χ3v) is 5.14. The van der Waals surface area contributed by atoms with E-state index >= 15 is 0 Å². The van der Waals surface area contributed by atoms with Crippen LogP contribution >= 0.6 is 11.3 Å². The first-order chi connectivity index (χ1) is 10.9. The second kappa shape index (κ2) is 5.92. The molecule has 4 amide bonds. The van der Waals surface area contributed by atoms with Crippen molar-refractivity contribution in [2.75, 3.05) is 11.9 Å². The molecule has 124 valence electrons. The zero-order valence-corrected chi connectivity index (χ0v) is 14.0. The van der Waals surface area contributed by atoms with Gasteiger partial charge < -0.3 is 10.6 Å². The SMILES string of the molecule is CC(C)c1csc(NC(=O)CN2C(=O)NC3(CCCC3)C2=O)n1. The smallest absolute Gasteiger partial charge is 0.323 e. The van der Waals surface area contributed by atoms with Crippen LogP contribution in [0.5, 0.6) is 0 Å². The molecule has 1 aromatic rings. The highest BCUT2D eigenvalue weighted by molar-refractivity contribution is 7.13. The van der Waals surface area contributed by atoms with Crippen molar-refractivity contribution < 1.29 is 14.4 Å². The molecule has 0 unspecified atom stereocenters. The number of carbonyl (C=O) groups is 3. The van der Waals surface area contributed by atoms with Gasteiger partial charge in [-0.25, -0.2) is 9.78 Å². The molecular formula is C15H20N4O3S. The number of hydrogen-bond donors (Lipinski definition) is 2. The van der Waals surface area contributed by atoms with E-state index in [9.17, 15) is 14.4 Å². The Bertz CT molecular complexity index is 649. The molecule has 1 spiro atoms. The third-order valence-electron chi connectivity index (χ3n) is 4.36. The van der Waals surface area contributed by atoms with E-state index in [-0.39, 0.29) is 18.4 Å². The van der Waals surface area contributed by atoms with Crippen molar-refractivity contribution in [1.82, 2.24) is 15.2 Å². The summed E-state index contributed by atoms with van der Waals surface area (Å²) in [6.07, 6.45) is 3.14. The van der Waals surface area contributed by atoms with Crippen LogP contribution in [0, 0.1) is 0 Å². The molecule has 0 radical (unpaired) electrons. The fourth-order valence-electron chi connectivity index (χ4n) is 3.05. The lowest BCUT2D eigenvalue weighted by molar-refractivity contribution is -0.133. The normalized spacial score (nSPS) is 19.7. The topological polar surface area (TPSA) is 91.4 Å². The van der Waals surface area contributed by atoms with Crippen LogP contribution in [0.4, 0.5) is 9.93 Å². The number of nitrogens with zero attached hydrogens (tertiary/aromatic N) is 2. The summed E-state index contributed by atoms with van der Waals surface area (Å²) in [4.78, 5) is 42.0. The molecule has 23 heavy (non-hydrogen) atoms. The molecule has 8 heteroatoms.